The van der Waals surface area contributed by atoms with Crippen molar-refractivity contribution in [3.63, 3.8) is 0 Å². The third kappa shape index (κ3) is 4.70. The molecule has 3 aromatic rings. The summed E-state index contributed by atoms with van der Waals surface area (Å²) in [5, 5.41) is 19.6. The molecular weight excluding hydrogens is 490 g/mol. The molecule has 0 aromatic heterocycles. The lowest BCUT2D eigenvalue weighted by Crippen LogP contribution is -2.29. The second kappa shape index (κ2) is 9.21. The molecule has 3 aromatic carbocycles. The Balaban J connectivity index is 1.72. The van der Waals surface area contributed by atoms with E-state index in [-0.39, 0.29) is 24.2 Å². The maximum atomic E-state index is 14.5. The number of sulfonamides is 1. The molecule has 0 radical (unpaired) electrons. The number of aliphatic hydroxyl groups excluding tert-OH is 1. The number of aromatic hydroxyl groups is 1. The van der Waals surface area contributed by atoms with E-state index >= 15 is 0 Å². The van der Waals surface area contributed by atoms with E-state index in [9.17, 15) is 32.2 Å². The van der Waals surface area contributed by atoms with Crippen molar-refractivity contribution in [1.82, 2.24) is 4.90 Å². The second-order valence-electron chi connectivity index (χ2n) is 7.78. The maximum absolute atomic E-state index is 14.5. The minimum absolute atomic E-state index is 0.0431. The number of nitrogens with one attached hydrogen (secondary N) is 1. The highest BCUT2D eigenvalue weighted by Gasteiger charge is 2.29. The molecule has 0 unspecified atom stereocenters. The minimum atomic E-state index is -4.66. The van der Waals surface area contributed by atoms with Crippen molar-refractivity contribution in [2.75, 3.05) is 17.8 Å². The largest absolute Gasteiger partial charge is 0.505 e. The molecule has 1 saturated heterocycles. The van der Waals surface area contributed by atoms with Gasteiger partial charge in [0.05, 0.1) is 16.8 Å². The van der Waals surface area contributed by atoms with Crippen LogP contribution in [-0.2, 0) is 10.0 Å². The molecule has 3 N–H and O–H groups in total. The van der Waals surface area contributed by atoms with Crippen LogP contribution in [0.1, 0.15) is 16.8 Å². The number of halogens is 3. The zero-order chi connectivity index (χ0) is 24.6. The summed E-state index contributed by atoms with van der Waals surface area (Å²) in [5.74, 6) is -3.49. The number of hydrogen-bond acceptors (Lipinski definition) is 5. The average molecular weight is 509 g/mol. The van der Waals surface area contributed by atoms with Crippen LogP contribution in [0.2, 0.25) is 5.02 Å². The summed E-state index contributed by atoms with van der Waals surface area (Å²) in [6.07, 6.45) is -0.320. The van der Waals surface area contributed by atoms with Gasteiger partial charge >= 0.3 is 0 Å². The van der Waals surface area contributed by atoms with Gasteiger partial charge < -0.3 is 15.1 Å². The van der Waals surface area contributed by atoms with Crippen molar-refractivity contribution in [3.8, 4) is 16.9 Å². The topological polar surface area (TPSA) is 107 Å². The molecule has 11 heteroatoms. The van der Waals surface area contributed by atoms with E-state index in [0.29, 0.717) is 18.1 Å². The summed E-state index contributed by atoms with van der Waals surface area (Å²) in [6, 6.07) is 11.7. The van der Waals surface area contributed by atoms with Crippen LogP contribution < -0.4 is 4.72 Å². The standard InChI is InChI=1S/C23H19ClF2N2O5S/c24-17-8-14(23(31)28-7-6-15(29)12-28)9-21(22(17)30)34(32,33)27-20-10-16(18(25)11-19(20)26)13-4-2-1-3-5-13/h1-5,8-11,15,27,29-30H,6-7,12H2/t15-/m0/s1. The predicted octanol–water partition coefficient (Wildman–Crippen LogP) is 4.00. The first-order valence-corrected chi connectivity index (χ1v) is 12.0. The number of amides is 1. The normalized spacial score (nSPS) is 16.0. The van der Waals surface area contributed by atoms with Gasteiger partial charge in [0.15, 0.2) is 5.75 Å². The van der Waals surface area contributed by atoms with Crippen LogP contribution in [0, 0.1) is 11.6 Å². The van der Waals surface area contributed by atoms with Gasteiger partial charge in [-0.05, 0) is 30.2 Å². The molecule has 4 rings (SSSR count). The van der Waals surface area contributed by atoms with Crippen molar-refractivity contribution in [2.45, 2.75) is 17.4 Å². The highest BCUT2D eigenvalue weighted by molar-refractivity contribution is 7.92. The van der Waals surface area contributed by atoms with E-state index in [1.54, 1.807) is 30.3 Å². The Morgan fingerprint density at radius 2 is 1.79 bits per heavy atom. The molecule has 1 aliphatic rings. The summed E-state index contributed by atoms with van der Waals surface area (Å²) in [7, 11) is -4.66. The van der Waals surface area contributed by atoms with Gasteiger partial charge in [0.2, 0.25) is 0 Å². The van der Waals surface area contributed by atoms with Gasteiger partial charge in [-0.25, -0.2) is 17.2 Å². The first-order valence-electron chi connectivity index (χ1n) is 10.1. The first kappa shape index (κ1) is 23.9. The average Bonchev–Trinajstić information content (AvgIpc) is 3.23. The van der Waals surface area contributed by atoms with Crippen LogP contribution in [0.25, 0.3) is 11.1 Å². The number of anilines is 1. The fraction of sp³-hybridized carbons (Fsp3) is 0.174. The lowest BCUT2D eigenvalue weighted by Gasteiger charge is -2.18. The Labute approximate surface area is 199 Å². The van der Waals surface area contributed by atoms with E-state index < -0.39 is 55.0 Å². The van der Waals surface area contributed by atoms with Gasteiger partial charge in [-0.2, -0.15) is 0 Å². The van der Waals surface area contributed by atoms with Crippen molar-refractivity contribution >= 4 is 33.2 Å². The molecule has 1 aliphatic heterocycles. The molecule has 0 saturated carbocycles. The third-order valence-electron chi connectivity index (χ3n) is 5.40. The predicted molar refractivity (Wildman–Crippen MR) is 122 cm³/mol. The van der Waals surface area contributed by atoms with Crippen LogP contribution in [0.15, 0.2) is 59.5 Å². The molecule has 178 valence electrons. The molecule has 0 bridgehead atoms. The van der Waals surface area contributed by atoms with Gasteiger partial charge in [0.25, 0.3) is 15.9 Å². The van der Waals surface area contributed by atoms with E-state index in [1.807, 2.05) is 4.72 Å². The summed E-state index contributed by atoms with van der Waals surface area (Å²) in [4.78, 5) is 13.3. The van der Waals surface area contributed by atoms with Crippen LogP contribution in [0.4, 0.5) is 14.5 Å². The highest BCUT2D eigenvalue weighted by Crippen LogP contribution is 2.35. The Kier molecular flexibility index (Phi) is 6.48. The Hall–Kier alpha value is -3.21. The van der Waals surface area contributed by atoms with Crippen LogP contribution >= 0.6 is 11.6 Å². The van der Waals surface area contributed by atoms with Crippen LogP contribution in [-0.4, -0.2) is 48.6 Å². The molecule has 7 nitrogen and oxygen atoms in total. The van der Waals surface area contributed by atoms with Gasteiger partial charge in [0.1, 0.15) is 16.5 Å². The number of hydrogen-bond donors (Lipinski definition) is 3. The zero-order valence-corrected chi connectivity index (χ0v) is 19.1. The zero-order valence-electron chi connectivity index (χ0n) is 17.5. The SMILES string of the molecule is O=C(c1cc(Cl)c(O)c(S(=O)(=O)Nc2cc(-c3ccccc3)c(F)cc2F)c1)N1CC[C@H](O)C1. The summed E-state index contributed by atoms with van der Waals surface area (Å²) in [6.45, 7) is 0.336. The Morgan fingerprint density at radius 1 is 1.09 bits per heavy atom. The number of phenolic OH excluding ortho intramolecular Hbond substituents is 1. The molecular formula is C23H19ClF2N2O5S. The number of rotatable bonds is 5. The second-order valence-corrected chi connectivity index (χ2v) is 9.84. The molecule has 1 amide bonds. The number of β-amino-alcohol motifs (C(OH)–C–C–N with tert-alkyl or cyclic N) is 1. The molecule has 1 heterocycles. The monoisotopic (exact) mass is 508 g/mol. The van der Waals surface area contributed by atoms with Crippen molar-refractivity contribution in [2.24, 2.45) is 0 Å². The Morgan fingerprint density at radius 3 is 2.44 bits per heavy atom. The van der Waals surface area contributed by atoms with Crippen LogP contribution in [0.3, 0.4) is 0 Å². The van der Waals surface area contributed by atoms with E-state index in [1.165, 1.54) is 4.90 Å². The number of carbonyl (C=O) groups excluding carboxylic acids is 1. The number of carbonyl (C=O) groups is 1. The fourth-order valence-corrected chi connectivity index (χ4v) is 5.15. The van der Waals surface area contributed by atoms with Crippen molar-refractivity contribution in [3.05, 3.63) is 76.8 Å². The van der Waals surface area contributed by atoms with Gasteiger partial charge in [-0.3, -0.25) is 9.52 Å². The highest BCUT2D eigenvalue weighted by atomic mass is 35.5. The quantitative estimate of drug-likeness (QED) is 0.483. The van der Waals surface area contributed by atoms with Crippen molar-refractivity contribution < 1.29 is 32.2 Å². The van der Waals surface area contributed by atoms with Gasteiger partial charge in [-0.1, -0.05) is 41.9 Å². The maximum Gasteiger partial charge on any atom is 0.265 e. The van der Waals surface area contributed by atoms with Gasteiger partial charge in [-0.15, -0.1) is 0 Å². The molecule has 0 spiro atoms. The smallest absolute Gasteiger partial charge is 0.265 e. The first-order chi connectivity index (χ1) is 16.1. The molecule has 0 aliphatic carbocycles. The summed E-state index contributed by atoms with van der Waals surface area (Å²) >= 11 is 5.98. The van der Waals surface area contributed by atoms with E-state index in [0.717, 1.165) is 18.2 Å². The number of phenols is 1. The molecule has 34 heavy (non-hydrogen) atoms. The number of aliphatic hydroxyl groups is 1. The van der Waals surface area contributed by atoms with Crippen molar-refractivity contribution in [1.29, 1.82) is 0 Å². The lowest BCUT2D eigenvalue weighted by atomic mass is 10.0. The minimum Gasteiger partial charge on any atom is -0.505 e. The number of nitrogens with zero attached hydrogens (tertiary/aromatic N) is 1. The van der Waals surface area contributed by atoms with Crippen LogP contribution in [0.5, 0.6) is 5.75 Å². The summed E-state index contributed by atoms with van der Waals surface area (Å²) in [5.41, 5.74) is -0.345. The van der Waals surface area contributed by atoms with E-state index in [2.05, 4.69) is 0 Å². The molecule has 1 fully saturated rings. The Bertz CT molecular complexity index is 1370. The van der Waals surface area contributed by atoms with E-state index in [4.69, 9.17) is 11.6 Å². The third-order valence-corrected chi connectivity index (χ3v) is 7.07. The number of benzene rings is 3. The molecule has 1 atom stereocenters. The fourth-order valence-electron chi connectivity index (χ4n) is 3.68. The van der Waals surface area contributed by atoms with Gasteiger partial charge in [0, 0.05) is 30.3 Å². The summed E-state index contributed by atoms with van der Waals surface area (Å²) < 4.78 is 57.0. The lowest BCUT2D eigenvalue weighted by molar-refractivity contribution is 0.0764. The number of likely N-dealkylation sites (tertiary alicyclic amines) is 1.